The van der Waals surface area contributed by atoms with Crippen LogP contribution in [-0.2, 0) is 11.2 Å². The van der Waals surface area contributed by atoms with Crippen molar-refractivity contribution in [2.24, 2.45) is 5.73 Å². The predicted octanol–water partition coefficient (Wildman–Crippen LogP) is 1.75. The summed E-state index contributed by atoms with van der Waals surface area (Å²) in [5.74, 6) is 0. The fraction of sp³-hybridized carbons (Fsp3) is 0.500. The monoisotopic (exact) mass is 258 g/mol. The summed E-state index contributed by atoms with van der Waals surface area (Å²) in [5, 5.41) is 0. The highest BCUT2D eigenvalue weighted by atomic mass is 79.9. The molecule has 0 bridgehead atoms. The summed E-state index contributed by atoms with van der Waals surface area (Å²) in [6.45, 7) is 2.51. The summed E-state index contributed by atoms with van der Waals surface area (Å²) in [7, 11) is 1.66. The first kappa shape index (κ1) is 11.6. The van der Waals surface area contributed by atoms with Gasteiger partial charge in [0.05, 0.1) is 6.61 Å². The summed E-state index contributed by atoms with van der Waals surface area (Å²) in [4.78, 5) is 4.09. The van der Waals surface area contributed by atoms with Crippen LogP contribution >= 0.6 is 15.9 Å². The van der Waals surface area contributed by atoms with Crippen LogP contribution in [0.2, 0.25) is 0 Å². The van der Waals surface area contributed by atoms with Gasteiger partial charge in [0.25, 0.3) is 0 Å². The Hall–Kier alpha value is -0.450. The van der Waals surface area contributed by atoms with Crippen LogP contribution in [-0.4, -0.2) is 24.2 Å². The molecule has 2 N–H and O–H groups in total. The number of rotatable bonds is 4. The number of pyridine rings is 1. The first-order valence-corrected chi connectivity index (χ1v) is 5.20. The lowest BCUT2D eigenvalue weighted by molar-refractivity contribution is 0.141. The van der Waals surface area contributed by atoms with Gasteiger partial charge in [0, 0.05) is 29.5 Å². The smallest absolute Gasteiger partial charge is 0.0642 e. The predicted molar refractivity (Wildman–Crippen MR) is 60.1 cm³/mol. The van der Waals surface area contributed by atoms with E-state index in [0.29, 0.717) is 6.61 Å². The van der Waals surface area contributed by atoms with Crippen molar-refractivity contribution < 1.29 is 4.74 Å². The maximum absolute atomic E-state index is 6.04. The van der Waals surface area contributed by atoms with E-state index in [4.69, 9.17) is 10.5 Å². The molecule has 0 aliphatic carbocycles. The molecule has 1 aromatic rings. The van der Waals surface area contributed by atoms with Crippen LogP contribution in [0.3, 0.4) is 0 Å². The van der Waals surface area contributed by atoms with Gasteiger partial charge in [-0.05, 0) is 40.9 Å². The van der Waals surface area contributed by atoms with Gasteiger partial charge < -0.3 is 10.5 Å². The summed E-state index contributed by atoms with van der Waals surface area (Å²) in [6, 6.07) is 2.02. The molecule has 0 aromatic carbocycles. The van der Waals surface area contributed by atoms with E-state index in [1.54, 1.807) is 13.3 Å². The fourth-order valence-electron chi connectivity index (χ4n) is 1.40. The van der Waals surface area contributed by atoms with Gasteiger partial charge in [0.1, 0.15) is 0 Å². The maximum atomic E-state index is 6.04. The molecule has 14 heavy (non-hydrogen) atoms. The van der Waals surface area contributed by atoms with Gasteiger partial charge in [-0.1, -0.05) is 0 Å². The van der Waals surface area contributed by atoms with E-state index < -0.39 is 0 Å². The highest BCUT2D eigenvalue weighted by molar-refractivity contribution is 9.10. The molecule has 0 fully saturated rings. The van der Waals surface area contributed by atoms with Gasteiger partial charge in [0.15, 0.2) is 0 Å². The second kappa shape index (κ2) is 4.87. The highest BCUT2D eigenvalue weighted by Crippen LogP contribution is 2.14. The number of halogens is 1. The average Bonchev–Trinajstić information content (AvgIpc) is 2.02. The Bertz CT molecular complexity index is 302. The molecular formula is C10H15BrN2O. The summed E-state index contributed by atoms with van der Waals surface area (Å²) < 4.78 is 6.03. The molecule has 0 amide bonds. The standard InChI is InChI=1S/C10H15BrN2O/c1-10(12,7-14-2)4-8-3-9(11)6-13-5-8/h3,5-6H,4,7,12H2,1-2H3. The first-order valence-electron chi connectivity index (χ1n) is 4.41. The van der Waals surface area contributed by atoms with Crippen LogP contribution < -0.4 is 5.73 Å². The molecule has 0 saturated carbocycles. The largest absolute Gasteiger partial charge is 0.383 e. The summed E-state index contributed by atoms with van der Waals surface area (Å²) in [5.41, 5.74) is 6.82. The molecule has 0 aliphatic heterocycles. The Morgan fingerprint density at radius 3 is 2.86 bits per heavy atom. The van der Waals surface area contributed by atoms with Crippen molar-refractivity contribution in [3.05, 3.63) is 28.5 Å². The molecule has 1 heterocycles. The molecule has 3 nitrogen and oxygen atoms in total. The molecule has 1 aromatic heterocycles. The van der Waals surface area contributed by atoms with Gasteiger partial charge in [0.2, 0.25) is 0 Å². The van der Waals surface area contributed by atoms with E-state index in [-0.39, 0.29) is 5.54 Å². The van der Waals surface area contributed by atoms with Crippen molar-refractivity contribution in [1.29, 1.82) is 0 Å². The Morgan fingerprint density at radius 1 is 1.57 bits per heavy atom. The Morgan fingerprint density at radius 2 is 2.29 bits per heavy atom. The summed E-state index contributed by atoms with van der Waals surface area (Å²) >= 11 is 3.37. The molecule has 0 saturated heterocycles. The van der Waals surface area contributed by atoms with Gasteiger partial charge in [-0.15, -0.1) is 0 Å². The fourth-order valence-corrected chi connectivity index (χ4v) is 1.81. The Labute approximate surface area is 92.8 Å². The van der Waals surface area contributed by atoms with Crippen LogP contribution in [0.25, 0.3) is 0 Å². The second-order valence-electron chi connectivity index (χ2n) is 3.78. The zero-order chi connectivity index (χ0) is 10.6. The van der Waals surface area contributed by atoms with Crippen molar-refractivity contribution in [2.45, 2.75) is 18.9 Å². The molecule has 1 atom stereocenters. The number of aromatic nitrogens is 1. The SMILES string of the molecule is COCC(C)(N)Cc1cncc(Br)c1. The molecule has 78 valence electrons. The maximum Gasteiger partial charge on any atom is 0.0642 e. The topological polar surface area (TPSA) is 48.1 Å². The number of hydrogen-bond donors (Lipinski definition) is 1. The van der Waals surface area contributed by atoms with Crippen molar-refractivity contribution in [3.63, 3.8) is 0 Å². The van der Waals surface area contributed by atoms with E-state index in [9.17, 15) is 0 Å². The number of ether oxygens (including phenoxy) is 1. The van der Waals surface area contributed by atoms with Crippen molar-refractivity contribution in [3.8, 4) is 0 Å². The summed E-state index contributed by atoms with van der Waals surface area (Å²) in [6.07, 6.45) is 4.34. The van der Waals surface area contributed by atoms with E-state index >= 15 is 0 Å². The molecule has 4 heteroatoms. The zero-order valence-corrected chi connectivity index (χ0v) is 10.0. The first-order chi connectivity index (χ1) is 6.53. The van der Waals surface area contributed by atoms with Gasteiger partial charge in [-0.3, -0.25) is 4.98 Å². The van der Waals surface area contributed by atoms with Crippen LogP contribution in [0.4, 0.5) is 0 Å². The average molecular weight is 259 g/mol. The zero-order valence-electron chi connectivity index (χ0n) is 8.46. The molecule has 0 radical (unpaired) electrons. The third kappa shape index (κ3) is 3.74. The van der Waals surface area contributed by atoms with Crippen LogP contribution in [0, 0.1) is 0 Å². The Kier molecular flexibility index (Phi) is 4.04. The van der Waals surface area contributed by atoms with Crippen molar-refractivity contribution >= 4 is 15.9 Å². The molecule has 0 spiro atoms. The molecular weight excluding hydrogens is 244 g/mol. The third-order valence-corrected chi connectivity index (χ3v) is 2.28. The second-order valence-corrected chi connectivity index (χ2v) is 4.69. The minimum absolute atomic E-state index is 0.336. The van der Waals surface area contributed by atoms with E-state index in [2.05, 4.69) is 20.9 Å². The van der Waals surface area contributed by atoms with Crippen LogP contribution in [0.15, 0.2) is 22.9 Å². The lowest BCUT2D eigenvalue weighted by Gasteiger charge is -2.23. The minimum Gasteiger partial charge on any atom is -0.383 e. The van der Waals surface area contributed by atoms with Gasteiger partial charge >= 0.3 is 0 Å². The van der Waals surface area contributed by atoms with Gasteiger partial charge in [-0.25, -0.2) is 0 Å². The van der Waals surface area contributed by atoms with Crippen LogP contribution in [0.1, 0.15) is 12.5 Å². The number of nitrogens with zero attached hydrogens (tertiary/aromatic N) is 1. The minimum atomic E-state index is -0.336. The molecule has 0 aliphatic rings. The van der Waals surface area contributed by atoms with Gasteiger partial charge in [-0.2, -0.15) is 0 Å². The number of nitrogens with two attached hydrogens (primary N) is 1. The number of methoxy groups -OCH3 is 1. The Balaban J connectivity index is 2.68. The third-order valence-electron chi connectivity index (χ3n) is 1.84. The van der Waals surface area contributed by atoms with E-state index in [1.807, 2.05) is 19.2 Å². The molecule has 1 unspecified atom stereocenters. The number of hydrogen-bond acceptors (Lipinski definition) is 3. The van der Waals surface area contributed by atoms with Crippen molar-refractivity contribution in [1.82, 2.24) is 4.98 Å². The molecule has 1 rings (SSSR count). The van der Waals surface area contributed by atoms with Crippen LogP contribution in [0.5, 0.6) is 0 Å². The normalized spacial score (nSPS) is 15.1. The highest BCUT2D eigenvalue weighted by Gasteiger charge is 2.18. The van der Waals surface area contributed by atoms with Crippen molar-refractivity contribution in [2.75, 3.05) is 13.7 Å². The lowest BCUT2D eigenvalue weighted by Crippen LogP contribution is -2.43. The van der Waals surface area contributed by atoms with E-state index in [0.717, 1.165) is 16.5 Å². The lowest BCUT2D eigenvalue weighted by atomic mass is 9.96. The van der Waals surface area contributed by atoms with E-state index in [1.165, 1.54) is 0 Å². The quantitative estimate of drug-likeness (QED) is 0.896.